The Morgan fingerprint density at radius 2 is 1.90 bits per heavy atom. The fourth-order valence-electron chi connectivity index (χ4n) is 2.13. The number of nitrogen functional groups attached to an aromatic ring is 1. The van der Waals surface area contributed by atoms with Gasteiger partial charge in [0.15, 0.2) is 0 Å². The normalized spacial score (nSPS) is 10.7. The fourth-order valence-corrected chi connectivity index (χ4v) is 2.13. The number of anilines is 1. The molecule has 3 aromatic rings. The molecule has 0 aliphatic rings. The van der Waals surface area contributed by atoms with Gasteiger partial charge in [-0.05, 0) is 43.2 Å². The van der Waals surface area contributed by atoms with Crippen LogP contribution in [0.4, 0.5) is 5.69 Å². The Balaban J connectivity index is 1.71. The van der Waals surface area contributed by atoms with Crippen molar-refractivity contribution in [2.75, 3.05) is 5.73 Å². The van der Waals surface area contributed by atoms with Gasteiger partial charge in [-0.15, -0.1) is 0 Å². The van der Waals surface area contributed by atoms with Crippen LogP contribution in [0.2, 0.25) is 0 Å². The summed E-state index contributed by atoms with van der Waals surface area (Å²) in [4.78, 5) is 8.77. The average Bonchev–Trinajstić information content (AvgIpc) is 2.94. The largest absolute Gasteiger partial charge is 0.399 e. The summed E-state index contributed by atoms with van der Waals surface area (Å²) in [5, 5.41) is 3.98. The summed E-state index contributed by atoms with van der Waals surface area (Å²) in [5.74, 6) is 1.14. The van der Waals surface area contributed by atoms with Gasteiger partial charge in [0.25, 0.3) is 0 Å². The molecule has 2 aromatic heterocycles. The average molecular weight is 280 g/mol. The van der Waals surface area contributed by atoms with Crippen molar-refractivity contribution in [2.24, 2.45) is 0 Å². The quantitative estimate of drug-likeness (QED) is 0.743. The topological polar surface area (TPSA) is 77.8 Å². The maximum Gasteiger partial charge on any atom is 0.227 e. The number of hydrogen-bond donors (Lipinski definition) is 1. The van der Waals surface area contributed by atoms with Crippen LogP contribution < -0.4 is 5.73 Å². The smallest absolute Gasteiger partial charge is 0.227 e. The van der Waals surface area contributed by atoms with Gasteiger partial charge in [-0.3, -0.25) is 0 Å². The van der Waals surface area contributed by atoms with Gasteiger partial charge in [-0.25, -0.2) is 4.98 Å². The van der Waals surface area contributed by atoms with E-state index in [1.54, 1.807) is 0 Å². The van der Waals surface area contributed by atoms with Crippen molar-refractivity contribution in [2.45, 2.75) is 19.8 Å². The second kappa shape index (κ2) is 5.75. The molecule has 3 rings (SSSR count). The van der Waals surface area contributed by atoms with Gasteiger partial charge in [-0.1, -0.05) is 23.4 Å². The maximum atomic E-state index is 5.76. The monoisotopic (exact) mass is 280 g/mol. The molecule has 0 saturated carbocycles. The SMILES string of the molecule is Cc1cccc(-c2noc(CCc3cccc(N)c3)n2)n1. The molecule has 0 unspecified atom stereocenters. The third-order valence-corrected chi connectivity index (χ3v) is 3.16. The summed E-state index contributed by atoms with van der Waals surface area (Å²) in [5.41, 5.74) is 9.34. The maximum absolute atomic E-state index is 5.76. The van der Waals surface area contributed by atoms with E-state index in [0.29, 0.717) is 18.1 Å². The van der Waals surface area contributed by atoms with Crippen molar-refractivity contribution in [3.05, 3.63) is 59.6 Å². The van der Waals surface area contributed by atoms with Crippen molar-refractivity contribution in [3.63, 3.8) is 0 Å². The zero-order valence-corrected chi connectivity index (χ0v) is 11.8. The number of aryl methyl sites for hydroxylation is 3. The minimum atomic E-state index is 0.529. The number of aromatic nitrogens is 3. The summed E-state index contributed by atoms with van der Waals surface area (Å²) < 4.78 is 5.28. The number of nitrogens with two attached hydrogens (primary N) is 1. The van der Waals surface area contributed by atoms with Crippen LogP contribution in [0.5, 0.6) is 0 Å². The van der Waals surface area contributed by atoms with Crippen molar-refractivity contribution in [1.82, 2.24) is 15.1 Å². The Morgan fingerprint density at radius 1 is 1.05 bits per heavy atom. The lowest BCUT2D eigenvalue weighted by Crippen LogP contribution is -1.94. The first-order valence-electron chi connectivity index (χ1n) is 6.82. The van der Waals surface area contributed by atoms with Gasteiger partial charge in [0.1, 0.15) is 5.69 Å². The molecule has 5 heteroatoms. The van der Waals surface area contributed by atoms with Crippen molar-refractivity contribution in [1.29, 1.82) is 0 Å². The first-order chi connectivity index (χ1) is 10.2. The van der Waals surface area contributed by atoms with Gasteiger partial charge < -0.3 is 10.3 Å². The first-order valence-corrected chi connectivity index (χ1v) is 6.82. The Hall–Kier alpha value is -2.69. The predicted molar refractivity (Wildman–Crippen MR) is 80.5 cm³/mol. The molecule has 0 atom stereocenters. The molecule has 0 radical (unpaired) electrons. The van der Waals surface area contributed by atoms with Gasteiger partial charge in [0.05, 0.1) is 0 Å². The molecule has 0 bridgehead atoms. The molecular weight excluding hydrogens is 264 g/mol. The second-order valence-corrected chi connectivity index (χ2v) is 4.92. The van der Waals surface area contributed by atoms with E-state index in [0.717, 1.165) is 29.1 Å². The molecule has 0 amide bonds. The Kier molecular flexibility index (Phi) is 3.64. The Labute approximate surface area is 122 Å². The number of benzene rings is 1. The predicted octanol–water partition coefficient (Wildman–Crippen LogP) is 2.81. The summed E-state index contributed by atoms with van der Waals surface area (Å²) >= 11 is 0. The number of pyridine rings is 1. The van der Waals surface area contributed by atoms with E-state index in [1.807, 2.05) is 49.4 Å². The van der Waals surface area contributed by atoms with Crippen LogP contribution in [0.25, 0.3) is 11.5 Å². The van der Waals surface area contributed by atoms with E-state index in [4.69, 9.17) is 10.3 Å². The molecule has 5 nitrogen and oxygen atoms in total. The third kappa shape index (κ3) is 3.25. The van der Waals surface area contributed by atoms with Crippen LogP contribution in [0, 0.1) is 6.92 Å². The van der Waals surface area contributed by atoms with E-state index < -0.39 is 0 Å². The van der Waals surface area contributed by atoms with Crippen LogP contribution in [0.3, 0.4) is 0 Å². The van der Waals surface area contributed by atoms with Crippen molar-refractivity contribution >= 4 is 5.69 Å². The Bertz CT molecular complexity index is 751. The van der Waals surface area contributed by atoms with Gasteiger partial charge in [0.2, 0.25) is 11.7 Å². The van der Waals surface area contributed by atoms with Gasteiger partial charge in [0, 0.05) is 17.8 Å². The lowest BCUT2D eigenvalue weighted by Gasteiger charge is -1.99. The molecule has 2 N–H and O–H groups in total. The highest BCUT2D eigenvalue weighted by molar-refractivity contribution is 5.48. The standard InChI is InChI=1S/C16H16N4O/c1-11-4-2-7-14(18-11)16-19-15(21-20-16)9-8-12-5-3-6-13(17)10-12/h2-7,10H,8-9,17H2,1H3. The highest BCUT2D eigenvalue weighted by atomic mass is 16.5. The molecule has 0 saturated heterocycles. The first kappa shape index (κ1) is 13.3. The van der Waals surface area contributed by atoms with Crippen molar-refractivity contribution in [3.8, 4) is 11.5 Å². The molecule has 0 fully saturated rings. The molecular formula is C16H16N4O. The summed E-state index contributed by atoms with van der Waals surface area (Å²) in [6.45, 7) is 1.93. The molecule has 2 heterocycles. The van der Waals surface area contributed by atoms with Crippen LogP contribution >= 0.6 is 0 Å². The summed E-state index contributed by atoms with van der Waals surface area (Å²) in [7, 11) is 0. The minimum absolute atomic E-state index is 0.529. The third-order valence-electron chi connectivity index (χ3n) is 3.16. The molecule has 21 heavy (non-hydrogen) atoms. The van der Waals surface area contributed by atoms with Gasteiger partial charge in [-0.2, -0.15) is 4.98 Å². The second-order valence-electron chi connectivity index (χ2n) is 4.92. The lowest BCUT2D eigenvalue weighted by molar-refractivity contribution is 0.379. The molecule has 106 valence electrons. The number of hydrogen-bond acceptors (Lipinski definition) is 5. The van der Waals surface area contributed by atoms with E-state index in [2.05, 4.69) is 15.1 Å². The van der Waals surface area contributed by atoms with Crippen LogP contribution in [-0.2, 0) is 12.8 Å². The molecule has 1 aromatic carbocycles. The highest BCUT2D eigenvalue weighted by Crippen LogP contribution is 2.15. The molecule has 0 aliphatic heterocycles. The number of nitrogens with zero attached hydrogens (tertiary/aromatic N) is 3. The minimum Gasteiger partial charge on any atom is -0.399 e. The van der Waals surface area contributed by atoms with Crippen LogP contribution in [0.15, 0.2) is 47.0 Å². The van der Waals surface area contributed by atoms with Crippen LogP contribution in [-0.4, -0.2) is 15.1 Å². The fraction of sp³-hybridized carbons (Fsp3) is 0.188. The van der Waals surface area contributed by atoms with E-state index in [9.17, 15) is 0 Å². The van der Waals surface area contributed by atoms with Crippen molar-refractivity contribution < 1.29 is 4.52 Å². The van der Waals surface area contributed by atoms with Crippen LogP contribution in [0.1, 0.15) is 17.1 Å². The summed E-state index contributed by atoms with van der Waals surface area (Å²) in [6.07, 6.45) is 1.50. The van der Waals surface area contributed by atoms with E-state index >= 15 is 0 Å². The number of rotatable bonds is 4. The lowest BCUT2D eigenvalue weighted by atomic mass is 10.1. The van der Waals surface area contributed by atoms with E-state index in [1.165, 1.54) is 0 Å². The summed E-state index contributed by atoms with van der Waals surface area (Å²) in [6, 6.07) is 13.6. The molecule has 0 spiro atoms. The highest BCUT2D eigenvalue weighted by Gasteiger charge is 2.10. The Morgan fingerprint density at radius 3 is 2.71 bits per heavy atom. The zero-order chi connectivity index (χ0) is 14.7. The van der Waals surface area contributed by atoms with Gasteiger partial charge >= 0.3 is 0 Å². The van der Waals surface area contributed by atoms with E-state index in [-0.39, 0.29) is 0 Å². The molecule has 0 aliphatic carbocycles. The zero-order valence-electron chi connectivity index (χ0n) is 11.8.